The fourth-order valence-corrected chi connectivity index (χ4v) is 6.99. The standard InChI is InChI=1S/C41H40N2O11/c1-24(44)42-35-36(46)37-34(23-51-39(54-37)26-14-6-3-7-15-26)53-40(35)50-21-32(38(47)49-22-33(45)25-12-4-2-5-13-25)43-41(48)52-20-31-29-18-10-8-16-27(29)28-17-9-11-19-30(28)31/h2-19,31-32,34-37,39-40,46H,20-23H2,1H3,(H,42,44)(H,43,48)/t32-,34+,35+,36+,37-,39?,40-/m0/s1. The second-order valence-electron chi connectivity index (χ2n) is 13.2. The van der Waals surface area contributed by atoms with E-state index in [1.165, 1.54) is 6.92 Å². The third-order valence-corrected chi connectivity index (χ3v) is 9.60. The van der Waals surface area contributed by atoms with Gasteiger partial charge in [0.15, 0.2) is 31.0 Å². The summed E-state index contributed by atoms with van der Waals surface area (Å²) in [6, 6.07) is 30.6. The Kier molecular flexibility index (Phi) is 11.4. The molecule has 2 amide bonds. The zero-order valence-electron chi connectivity index (χ0n) is 29.4. The number of esters is 1. The number of benzene rings is 4. The number of carbonyl (C=O) groups excluding carboxylic acids is 4. The molecule has 54 heavy (non-hydrogen) atoms. The van der Waals surface area contributed by atoms with Crippen LogP contribution in [0.25, 0.3) is 11.1 Å². The van der Waals surface area contributed by atoms with Crippen LogP contribution in [-0.4, -0.2) is 92.0 Å². The zero-order valence-corrected chi connectivity index (χ0v) is 29.4. The number of Topliss-reactive ketones (excluding diaryl/α,β-unsaturated/α-hetero) is 1. The summed E-state index contributed by atoms with van der Waals surface area (Å²) in [7, 11) is 0. The van der Waals surface area contributed by atoms with Gasteiger partial charge in [0.1, 0.15) is 31.0 Å². The number of rotatable bonds is 12. The summed E-state index contributed by atoms with van der Waals surface area (Å²) < 4.78 is 35.1. The van der Waals surface area contributed by atoms with E-state index in [1.54, 1.807) is 30.3 Å². The van der Waals surface area contributed by atoms with E-state index >= 15 is 0 Å². The van der Waals surface area contributed by atoms with Crippen molar-refractivity contribution in [3.8, 4) is 11.1 Å². The molecule has 2 saturated heterocycles. The maximum Gasteiger partial charge on any atom is 0.407 e. The minimum Gasteiger partial charge on any atom is -0.456 e. The molecule has 2 heterocycles. The summed E-state index contributed by atoms with van der Waals surface area (Å²) in [5, 5.41) is 16.6. The highest BCUT2D eigenvalue weighted by molar-refractivity contribution is 5.98. The molecule has 0 saturated carbocycles. The van der Waals surface area contributed by atoms with Crippen molar-refractivity contribution in [1.29, 1.82) is 0 Å². The Balaban J connectivity index is 1.04. The van der Waals surface area contributed by atoms with Gasteiger partial charge < -0.3 is 44.2 Å². The molecule has 280 valence electrons. The van der Waals surface area contributed by atoms with Gasteiger partial charge in [-0.2, -0.15) is 0 Å². The van der Waals surface area contributed by atoms with E-state index in [-0.39, 0.29) is 19.1 Å². The molecule has 0 spiro atoms. The summed E-state index contributed by atoms with van der Waals surface area (Å²) in [5.41, 5.74) is 5.19. The molecular formula is C41H40N2O11. The van der Waals surface area contributed by atoms with E-state index in [1.807, 2.05) is 78.9 Å². The number of hydrogen-bond donors (Lipinski definition) is 3. The van der Waals surface area contributed by atoms with Crippen molar-refractivity contribution in [2.24, 2.45) is 0 Å². The lowest BCUT2D eigenvalue weighted by molar-refractivity contribution is -0.344. The van der Waals surface area contributed by atoms with Crippen molar-refractivity contribution in [2.45, 2.75) is 55.8 Å². The molecule has 0 aromatic heterocycles. The fourth-order valence-electron chi connectivity index (χ4n) is 6.99. The molecule has 7 rings (SSSR count). The maximum atomic E-state index is 13.5. The number of aliphatic hydroxyl groups excluding tert-OH is 1. The largest absolute Gasteiger partial charge is 0.456 e. The Labute approximate surface area is 311 Å². The molecule has 3 aliphatic rings. The summed E-state index contributed by atoms with van der Waals surface area (Å²) in [6.45, 7) is 0.140. The number of aliphatic hydroxyl groups is 1. The molecule has 0 radical (unpaired) electrons. The van der Waals surface area contributed by atoms with Gasteiger partial charge in [0.25, 0.3) is 0 Å². The predicted molar refractivity (Wildman–Crippen MR) is 192 cm³/mol. The van der Waals surface area contributed by atoms with E-state index < -0.39 is 79.9 Å². The molecule has 4 aromatic carbocycles. The van der Waals surface area contributed by atoms with Gasteiger partial charge in [-0.1, -0.05) is 109 Å². The smallest absolute Gasteiger partial charge is 0.407 e. The molecule has 1 unspecified atom stereocenters. The average Bonchev–Trinajstić information content (AvgIpc) is 3.52. The van der Waals surface area contributed by atoms with E-state index in [0.29, 0.717) is 5.56 Å². The van der Waals surface area contributed by atoms with E-state index in [0.717, 1.165) is 27.8 Å². The van der Waals surface area contributed by atoms with Gasteiger partial charge in [0.2, 0.25) is 5.91 Å². The third-order valence-electron chi connectivity index (χ3n) is 9.60. The minimum atomic E-state index is -1.48. The van der Waals surface area contributed by atoms with Crippen LogP contribution in [0.15, 0.2) is 109 Å². The molecule has 4 aromatic rings. The van der Waals surface area contributed by atoms with Crippen LogP contribution < -0.4 is 10.6 Å². The molecule has 13 nitrogen and oxygen atoms in total. The van der Waals surface area contributed by atoms with Gasteiger partial charge in [0.05, 0.1) is 13.2 Å². The number of alkyl carbamates (subject to hydrolysis) is 1. The van der Waals surface area contributed by atoms with Crippen LogP contribution >= 0.6 is 0 Å². The molecule has 3 N–H and O–H groups in total. The van der Waals surface area contributed by atoms with Gasteiger partial charge in [-0.15, -0.1) is 0 Å². The number of fused-ring (bicyclic) bond motifs is 4. The third kappa shape index (κ3) is 8.20. The summed E-state index contributed by atoms with van der Waals surface area (Å²) >= 11 is 0. The lowest BCUT2D eigenvalue weighted by Crippen LogP contribution is -2.67. The first kappa shape index (κ1) is 36.9. The SMILES string of the molecule is CC(=O)N[C@H]1[C@@H](OC[C@H](NC(=O)OCC2c3ccccc3-c3ccccc32)C(=O)OCC(=O)c2ccccc2)O[C@@H]2COC(c3ccccc3)O[C@@H]2[C@@H]1O. The number of nitrogens with one attached hydrogen (secondary N) is 2. The van der Waals surface area contributed by atoms with Crippen molar-refractivity contribution in [2.75, 3.05) is 26.4 Å². The molecular weight excluding hydrogens is 696 g/mol. The first-order valence-corrected chi connectivity index (χ1v) is 17.7. The minimum absolute atomic E-state index is 0.0233. The van der Waals surface area contributed by atoms with Crippen molar-refractivity contribution in [3.05, 3.63) is 131 Å². The van der Waals surface area contributed by atoms with Gasteiger partial charge in [-0.25, -0.2) is 9.59 Å². The zero-order chi connectivity index (χ0) is 37.6. The van der Waals surface area contributed by atoms with Crippen molar-refractivity contribution < 1.29 is 52.7 Å². The van der Waals surface area contributed by atoms with Crippen molar-refractivity contribution in [3.63, 3.8) is 0 Å². The predicted octanol–water partition coefficient (Wildman–Crippen LogP) is 4.04. The molecule has 13 heteroatoms. The number of amides is 2. The normalized spacial score (nSPS) is 23.5. The van der Waals surface area contributed by atoms with Crippen LogP contribution in [0.2, 0.25) is 0 Å². The topological polar surface area (TPSA) is 168 Å². The van der Waals surface area contributed by atoms with Crippen LogP contribution in [0.5, 0.6) is 0 Å². The molecule has 7 atom stereocenters. The Morgan fingerprint density at radius 1 is 0.815 bits per heavy atom. The van der Waals surface area contributed by atoms with Gasteiger partial charge >= 0.3 is 12.1 Å². The van der Waals surface area contributed by atoms with Crippen LogP contribution in [-0.2, 0) is 38.0 Å². The van der Waals surface area contributed by atoms with Gasteiger partial charge in [-0.3, -0.25) is 9.59 Å². The van der Waals surface area contributed by atoms with Crippen LogP contribution in [0, 0.1) is 0 Å². The summed E-state index contributed by atoms with van der Waals surface area (Å²) in [5.74, 6) is -2.15. The highest BCUT2D eigenvalue weighted by atomic mass is 16.7. The molecule has 1 aliphatic carbocycles. The van der Waals surface area contributed by atoms with Gasteiger partial charge in [-0.05, 0) is 22.3 Å². The lowest BCUT2D eigenvalue weighted by Gasteiger charge is -2.47. The highest BCUT2D eigenvalue weighted by Gasteiger charge is 2.50. The Morgan fingerprint density at radius 3 is 2.11 bits per heavy atom. The van der Waals surface area contributed by atoms with Crippen LogP contribution in [0.4, 0.5) is 4.79 Å². The number of carbonyl (C=O) groups is 4. The average molecular weight is 737 g/mol. The van der Waals surface area contributed by atoms with Crippen LogP contribution in [0.3, 0.4) is 0 Å². The highest BCUT2D eigenvalue weighted by Crippen LogP contribution is 2.44. The van der Waals surface area contributed by atoms with Crippen molar-refractivity contribution >= 4 is 23.8 Å². The van der Waals surface area contributed by atoms with E-state index in [4.69, 9.17) is 28.4 Å². The molecule has 2 fully saturated rings. The second kappa shape index (κ2) is 16.7. The first-order valence-electron chi connectivity index (χ1n) is 17.7. The molecule has 0 bridgehead atoms. The number of ether oxygens (including phenoxy) is 6. The number of hydrogen-bond acceptors (Lipinski definition) is 11. The van der Waals surface area contributed by atoms with Crippen molar-refractivity contribution in [1.82, 2.24) is 10.6 Å². The summed E-state index contributed by atoms with van der Waals surface area (Å²) in [6.07, 6.45) is -6.03. The fraction of sp³-hybridized carbons (Fsp3) is 0.317. The Morgan fingerprint density at radius 2 is 1.44 bits per heavy atom. The van der Waals surface area contributed by atoms with E-state index in [9.17, 15) is 24.3 Å². The monoisotopic (exact) mass is 736 g/mol. The Bertz CT molecular complexity index is 1910. The van der Waals surface area contributed by atoms with Gasteiger partial charge in [0, 0.05) is 24.0 Å². The first-order chi connectivity index (χ1) is 26.3. The Hall–Kier alpha value is -5.44. The quantitative estimate of drug-likeness (QED) is 0.142. The second-order valence-corrected chi connectivity index (χ2v) is 13.2. The van der Waals surface area contributed by atoms with Crippen LogP contribution in [0.1, 0.15) is 46.2 Å². The number of ketones is 1. The molecule has 2 aliphatic heterocycles. The summed E-state index contributed by atoms with van der Waals surface area (Å²) in [4.78, 5) is 51.8. The lowest BCUT2D eigenvalue weighted by atomic mass is 9.95. The van der Waals surface area contributed by atoms with E-state index in [2.05, 4.69) is 10.6 Å². The maximum absolute atomic E-state index is 13.5.